The molecule has 1 saturated heterocycles. The third kappa shape index (κ3) is 1.44. The summed E-state index contributed by atoms with van der Waals surface area (Å²) in [6, 6.07) is 8.80. The summed E-state index contributed by atoms with van der Waals surface area (Å²) in [5, 5.41) is 14.1. The summed E-state index contributed by atoms with van der Waals surface area (Å²) in [4.78, 5) is 38.6. The third-order valence-electron chi connectivity index (χ3n) is 6.05. The molecule has 4 rings (SSSR count). The molecule has 132 valence electrons. The quantitative estimate of drug-likeness (QED) is 0.740. The number of carbonyl (C=O) groups excluding carboxylic acids is 3. The molecular weight excluding hydrogens is 326 g/mol. The Hall–Kier alpha value is -2.25. The molecule has 5 atom stereocenters. The second kappa shape index (κ2) is 4.89. The monoisotopic (exact) mass is 345 g/mol. The first-order valence-electron chi connectivity index (χ1n) is 8.25. The molecular formula is C18H19NO6. The van der Waals surface area contributed by atoms with Crippen LogP contribution in [-0.2, 0) is 29.4 Å². The Bertz CT molecular complexity index is 779. The highest BCUT2D eigenvalue weighted by Gasteiger charge is 2.93. The van der Waals surface area contributed by atoms with Crippen molar-refractivity contribution in [1.82, 2.24) is 5.32 Å². The average molecular weight is 345 g/mol. The molecule has 1 aromatic carbocycles. The number of aliphatic hydroxyl groups is 1. The number of ketones is 1. The van der Waals surface area contributed by atoms with Crippen molar-refractivity contribution in [3.8, 4) is 0 Å². The Morgan fingerprint density at radius 3 is 2.60 bits per heavy atom. The number of hydrogen-bond acceptors (Lipinski definition) is 6. The van der Waals surface area contributed by atoms with Gasteiger partial charge in [0.05, 0.1) is 18.1 Å². The fraction of sp³-hybridized carbons (Fsp3) is 0.500. The lowest BCUT2D eigenvalue weighted by atomic mass is 9.66. The zero-order valence-corrected chi connectivity index (χ0v) is 13.9. The van der Waals surface area contributed by atoms with Gasteiger partial charge in [-0.15, -0.1) is 0 Å². The lowest BCUT2D eigenvalue weighted by Crippen LogP contribution is -2.64. The van der Waals surface area contributed by atoms with E-state index in [4.69, 9.17) is 9.47 Å². The van der Waals surface area contributed by atoms with Crippen LogP contribution >= 0.6 is 0 Å². The first kappa shape index (κ1) is 16.2. The number of Topliss-reactive ketones (excluding diaryl/α,β-unsaturated/α-hetero) is 1. The van der Waals surface area contributed by atoms with Gasteiger partial charge in [-0.2, -0.15) is 0 Å². The van der Waals surface area contributed by atoms with Crippen LogP contribution in [0.15, 0.2) is 30.3 Å². The summed E-state index contributed by atoms with van der Waals surface area (Å²) < 4.78 is 10.6. The number of carbonyl (C=O) groups is 3. The Morgan fingerprint density at radius 1 is 1.32 bits per heavy atom. The van der Waals surface area contributed by atoms with Gasteiger partial charge in [0.2, 0.25) is 0 Å². The van der Waals surface area contributed by atoms with E-state index in [9.17, 15) is 19.5 Å². The van der Waals surface area contributed by atoms with Gasteiger partial charge in [0.15, 0.2) is 5.60 Å². The van der Waals surface area contributed by atoms with Crippen LogP contribution in [0.4, 0.5) is 0 Å². The molecule has 3 aliphatic rings. The van der Waals surface area contributed by atoms with Crippen molar-refractivity contribution in [2.24, 2.45) is 11.3 Å². The van der Waals surface area contributed by atoms with Crippen LogP contribution in [0.1, 0.15) is 18.9 Å². The van der Waals surface area contributed by atoms with Gasteiger partial charge in [0.1, 0.15) is 17.3 Å². The SMILES string of the molecule is CCOC(=O)[C@]12CC(=O)[C@@H]3C(OC)[C@@]1(O)C(=O)N[C@@]32c1ccccc1. The minimum Gasteiger partial charge on any atom is -0.465 e. The van der Waals surface area contributed by atoms with Crippen molar-refractivity contribution in [3.05, 3.63) is 35.9 Å². The van der Waals surface area contributed by atoms with Crippen LogP contribution < -0.4 is 5.32 Å². The zero-order valence-electron chi connectivity index (χ0n) is 13.9. The summed E-state index contributed by atoms with van der Waals surface area (Å²) in [6.07, 6.45) is -1.37. The summed E-state index contributed by atoms with van der Waals surface area (Å²) >= 11 is 0. The molecule has 0 radical (unpaired) electrons. The molecule has 7 heteroatoms. The van der Waals surface area contributed by atoms with Crippen LogP contribution in [0.3, 0.4) is 0 Å². The minimum absolute atomic E-state index is 0.0756. The summed E-state index contributed by atoms with van der Waals surface area (Å²) in [7, 11) is 1.33. The zero-order chi connectivity index (χ0) is 18.0. The largest absolute Gasteiger partial charge is 0.465 e. The standard InChI is InChI=1S/C18H19NO6/c1-3-25-15(22)16-9-11(20)12-13(24-2)18(16,23)14(21)19-17(12,16)10-7-5-4-6-8-10/h4-8,12-13,23H,3,9H2,1-2H3,(H,19,21)/t12-,13?,16+,17+,18-/m1/s1. The van der Waals surface area contributed by atoms with E-state index in [0.29, 0.717) is 5.56 Å². The smallest absolute Gasteiger partial charge is 0.318 e. The van der Waals surface area contributed by atoms with Crippen LogP contribution in [0.5, 0.6) is 0 Å². The number of rotatable bonds is 4. The van der Waals surface area contributed by atoms with Gasteiger partial charge in [-0.3, -0.25) is 14.4 Å². The fourth-order valence-electron chi connectivity index (χ4n) is 5.26. The summed E-state index contributed by atoms with van der Waals surface area (Å²) in [5.74, 6) is -2.55. The summed E-state index contributed by atoms with van der Waals surface area (Å²) in [5.41, 5.74) is -4.67. The molecule has 7 nitrogen and oxygen atoms in total. The van der Waals surface area contributed by atoms with Gasteiger partial charge in [-0.05, 0) is 12.5 Å². The van der Waals surface area contributed by atoms with Crippen molar-refractivity contribution >= 4 is 17.7 Å². The molecule has 1 aromatic rings. The Balaban J connectivity index is 2.06. The first-order valence-corrected chi connectivity index (χ1v) is 8.25. The lowest BCUT2D eigenvalue weighted by Gasteiger charge is -2.39. The maximum absolute atomic E-state index is 13.0. The number of benzene rings is 1. The van der Waals surface area contributed by atoms with E-state index in [-0.39, 0.29) is 18.8 Å². The first-order chi connectivity index (χ1) is 11.9. The number of piperidine rings is 1. The molecule has 0 aromatic heterocycles. The minimum atomic E-state index is -2.15. The van der Waals surface area contributed by atoms with Crippen LogP contribution in [0, 0.1) is 11.3 Å². The molecule has 0 spiro atoms. The van der Waals surface area contributed by atoms with Crippen LogP contribution in [-0.4, -0.2) is 48.2 Å². The normalized spacial score (nSPS) is 41.1. The molecule has 25 heavy (non-hydrogen) atoms. The average Bonchev–Trinajstić information content (AvgIpc) is 3.06. The predicted molar refractivity (Wildman–Crippen MR) is 84.2 cm³/mol. The van der Waals surface area contributed by atoms with E-state index in [1.807, 2.05) is 0 Å². The second-order valence-electron chi connectivity index (χ2n) is 6.80. The second-order valence-corrected chi connectivity index (χ2v) is 6.80. The van der Waals surface area contributed by atoms with Gasteiger partial charge in [-0.1, -0.05) is 30.3 Å². The van der Waals surface area contributed by atoms with Gasteiger partial charge in [-0.25, -0.2) is 0 Å². The van der Waals surface area contributed by atoms with Crippen molar-refractivity contribution in [2.75, 3.05) is 13.7 Å². The van der Waals surface area contributed by atoms with Gasteiger partial charge < -0.3 is 19.9 Å². The highest BCUT2D eigenvalue weighted by atomic mass is 16.5. The van der Waals surface area contributed by atoms with Crippen molar-refractivity contribution in [3.63, 3.8) is 0 Å². The lowest BCUT2D eigenvalue weighted by molar-refractivity contribution is -0.192. The Labute approximate surface area is 144 Å². The van der Waals surface area contributed by atoms with Crippen LogP contribution in [0.25, 0.3) is 0 Å². The van der Waals surface area contributed by atoms with E-state index >= 15 is 0 Å². The number of ether oxygens (including phenoxy) is 2. The Morgan fingerprint density at radius 2 is 2.00 bits per heavy atom. The Kier molecular flexibility index (Phi) is 3.18. The molecule has 2 aliphatic carbocycles. The fourth-order valence-corrected chi connectivity index (χ4v) is 5.26. The number of hydrogen-bond donors (Lipinski definition) is 2. The summed E-state index contributed by atoms with van der Waals surface area (Å²) in [6.45, 7) is 1.72. The van der Waals surface area contributed by atoms with E-state index in [0.717, 1.165) is 0 Å². The molecule has 3 fully saturated rings. The molecule has 2 N–H and O–H groups in total. The van der Waals surface area contributed by atoms with E-state index < -0.39 is 40.5 Å². The van der Waals surface area contributed by atoms with Gasteiger partial charge in [0.25, 0.3) is 5.91 Å². The molecule has 1 heterocycles. The topological polar surface area (TPSA) is 102 Å². The van der Waals surface area contributed by atoms with Crippen molar-refractivity contribution in [1.29, 1.82) is 0 Å². The van der Waals surface area contributed by atoms with Crippen molar-refractivity contribution in [2.45, 2.75) is 30.6 Å². The highest BCUT2D eigenvalue weighted by molar-refractivity contribution is 6.11. The number of amides is 1. The highest BCUT2D eigenvalue weighted by Crippen LogP contribution is 2.72. The van der Waals surface area contributed by atoms with Gasteiger partial charge >= 0.3 is 5.97 Å². The van der Waals surface area contributed by atoms with Crippen molar-refractivity contribution < 1.29 is 29.0 Å². The predicted octanol–water partition coefficient (Wildman–Crippen LogP) is -0.0901. The molecule has 1 aliphatic heterocycles. The maximum Gasteiger partial charge on any atom is 0.318 e. The van der Waals surface area contributed by atoms with Gasteiger partial charge in [0, 0.05) is 13.5 Å². The number of nitrogens with one attached hydrogen (secondary N) is 1. The van der Waals surface area contributed by atoms with E-state index in [1.165, 1.54) is 7.11 Å². The van der Waals surface area contributed by atoms with E-state index in [1.54, 1.807) is 37.3 Å². The molecule has 1 amide bonds. The maximum atomic E-state index is 13.0. The molecule has 2 saturated carbocycles. The molecule has 1 unspecified atom stereocenters. The van der Waals surface area contributed by atoms with Crippen LogP contribution in [0.2, 0.25) is 0 Å². The third-order valence-corrected chi connectivity index (χ3v) is 6.05. The molecule has 4 bridgehead atoms. The number of methoxy groups -OCH3 is 1. The number of esters is 1. The van der Waals surface area contributed by atoms with E-state index in [2.05, 4.69) is 5.32 Å².